The summed E-state index contributed by atoms with van der Waals surface area (Å²) in [6.45, 7) is 2.59. The Balaban J connectivity index is 0.00000180. The van der Waals surface area contributed by atoms with Crippen molar-refractivity contribution in [3.05, 3.63) is 35.6 Å². The number of hydrogen-bond donors (Lipinski definition) is 2. The van der Waals surface area contributed by atoms with E-state index >= 15 is 0 Å². The minimum atomic E-state index is -0.491. The minimum Gasteiger partial charge on any atom is -0.354 e. The Morgan fingerprint density at radius 3 is 2.68 bits per heavy atom. The van der Waals surface area contributed by atoms with E-state index in [4.69, 9.17) is 0 Å². The second-order valence-electron chi connectivity index (χ2n) is 4.99. The summed E-state index contributed by atoms with van der Waals surface area (Å²) >= 11 is 0. The topological polar surface area (TPSA) is 41.1 Å². The molecule has 0 spiro atoms. The highest BCUT2D eigenvalue weighted by atomic mass is 35.5. The van der Waals surface area contributed by atoms with Gasteiger partial charge in [0.15, 0.2) is 0 Å². The molecule has 106 valence electrons. The number of halogens is 2. The van der Waals surface area contributed by atoms with E-state index in [0.29, 0.717) is 6.54 Å². The summed E-state index contributed by atoms with van der Waals surface area (Å²) in [5, 5.41) is 6.00. The molecular weight excluding hydrogens is 267 g/mol. The van der Waals surface area contributed by atoms with Gasteiger partial charge in [-0.05, 0) is 44.5 Å². The molecule has 5 heteroatoms. The van der Waals surface area contributed by atoms with Crippen molar-refractivity contribution in [1.82, 2.24) is 10.6 Å². The summed E-state index contributed by atoms with van der Waals surface area (Å²) in [6, 6.07) is 6.59. The molecule has 2 N–H and O–H groups in total. The fraction of sp³-hybridized carbons (Fsp3) is 0.500. The molecule has 1 aromatic carbocycles. The monoisotopic (exact) mass is 286 g/mol. The van der Waals surface area contributed by atoms with Crippen molar-refractivity contribution < 1.29 is 9.18 Å². The Morgan fingerprint density at radius 1 is 1.47 bits per heavy atom. The summed E-state index contributed by atoms with van der Waals surface area (Å²) in [7, 11) is 1.86. The smallest absolute Gasteiger partial charge is 0.230 e. The highest BCUT2D eigenvalue weighted by molar-refractivity contribution is 5.91. The zero-order chi connectivity index (χ0) is 13.2. The van der Waals surface area contributed by atoms with Gasteiger partial charge in [0.05, 0.1) is 5.41 Å². The van der Waals surface area contributed by atoms with Crippen LogP contribution in [0.25, 0.3) is 0 Å². The number of carbonyl (C=O) groups is 1. The molecule has 1 atom stereocenters. The van der Waals surface area contributed by atoms with Crippen LogP contribution in [0.3, 0.4) is 0 Å². The van der Waals surface area contributed by atoms with Crippen molar-refractivity contribution in [1.29, 1.82) is 0 Å². The molecule has 0 saturated heterocycles. The SMILES string of the molecule is CNC(C)CNC(=O)C1(c2cccc(F)c2)CC1.Cl. The Labute approximate surface area is 119 Å². The van der Waals surface area contributed by atoms with Gasteiger partial charge in [0.2, 0.25) is 5.91 Å². The highest BCUT2D eigenvalue weighted by Gasteiger charge is 2.51. The van der Waals surface area contributed by atoms with E-state index in [0.717, 1.165) is 18.4 Å². The molecule has 1 saturated carbocycles. The van der Waals surface area contributed by atoms with Crippen LogP contribution >= 0.6 is 12.4 Å². The van der Waals surface area contributed by atoms with Crippen LogP contribution in [0.1, 0.15) is 25.3 Å². The lowest BCUT2D eigenvalue weighted by Gasteiger charge is -2.18. The number of nitrogens with one attached hydrogen (secondary N) is 2. The molecule has 3 nitrogen and oxygen atoms in total. The van der Waals surface area contributed by atoms with E-state index in [-0.39, 0.29) is 30.2 Å². The average molecular weight is 287 g/mol. The number of benzene rings is 1. The minimum absolute atomic E-state index is 0. The lowest BCUT2D eigenvalue weighted by Crippen LogP contribution is -2.42. The lowest BCUT2D eigenvalue weighted by atomic mass is 9.95. The van der Waals surface area contributed by atoms with Gasteiger partial charge >= 0.3 is 0 Å². The molecule has 1 aliphatic rings. The maximum absolute atomic E-state index is 13.2. The Hall–Kier alpha value is -1.13. The first kappa shape index (κ1) is 15.9. The molecule has 0 aliphatic heterocycles. The van der Waals surface area contributed by atoms with Crippen LogP contribution in [-0.2, 0) is 10.2 Å². The van der Waals surface area contributed by atoms with Crippen LogP contribution in [0.2, 0.25) is 0 Å². The van der Waals surface area contributed by atoms with Crippen LogP contribution in [0.5, 0.6) is 0 Å². The fourth-order valence-corrected chi connectivity index (χ4v) is 2.08. The molecule has 0 heterocycles. The van der Waals surface area contributed by atoms with Crippen LogP contribution in [0, 0.1) is 5.82 Å². The van der Waals surface area contributed by atoms with Crippen LogP contribution < -0.4 is 10.6 Å². The van der Waals surface area contributed by atoms with Gasteiger partial charge < -0.3 is 10.6 Å². The molecule has 0 aromatic heterocycles. The maximum Gasteiger partial charge on any atom is 0.230 e. The van der Waals surface area contributed by atoms with Gasteiger partial charge in [0, 0.05) is 12.6 Å². The third kappa shape index (κ3) is 3.45. The summed E-state index contributed by atoms with van der Waals surface area (Å²) in [6.07, 6.45) is 1.60. The Bertz CT molecular complexity index is 449. The molecule has 0 bridgehead atoms. The van der Waals surface area contributed by atoms with Crippen molar-refractivity contribution in [2.75, 3.05) is 13.6 Å². The highest BCUT2D eigenvalue weighted by Crippen LogP contribution is 2.48. The van der Waals surface area contributed by atoms with E-state index in [1.54, 1.807) is 6.07 Å². The first-order valence-corrected chi connectivity index (χ1v) is 6.30. The van der Waals surface area contributed by atoms with Crippen molar-refractivity contribution in [2.45, 2.75) is 31.2 Å². The number of likely N-dealkylation sites (N-methyl/N-ethyl adjacent to an activating group) is 1. The quantitative estimate of drug-likeness (QED) is 0.869. The van der Waals surface area contributed by atoms with Gasteiger partial charge in [0.1, 0.15) is 5.82 Å². The average Bonchev–Trinajstić information content (AvgIpc) is 3.17. The van der Waals surface area contributed by atoms with Gasteiger partial charge in [-0.2, -0.15) is 0 Å². The number of amides is 1. The van der Waals surface area contributed by atoms with Crippen molar-refractivity contribution in [3.63, 3.8) is 0 Å². The van der Waals surface area contributed by atoms with Gasteiger partial charge in [-0.25, -0.2) is 4.39 Å². The molecule has 1 fully saturated rings. The fourth-order valence-electron chi connectivity index (χ4n) is 2.08. The first-order chi connectivity index (χ1) is 8.58. The van der Waals surface area contributed by atoms with E-state index in [9.17, 15) is 9.18 Å². The maximum atomic E-state index is 13.2. The third-order valence-corrected chi connectivity index (χ3v) is 3.62. The van der Waals surface area contributed by atoms with Crippen LogP contribution in [-0.4, -0.2) is 25.5 Å². The standard InChI is InChI=1S/C14H19FN2O.ClH/c1-10(16-2)9-17-13(18)14(6-7-14)11-4-3-5-12(15)8-11;/h3-5,8,10,16H,6-7,9H2,1-2H3,(H,17,18);1H. The molecule has 2 rings (SSSR count). The second-order valence-corrected chi connectivity index (χ2v) is 4.99. The number of carbonyl (C=O) groups excluding carboxylic acids is 1. The van der Waals surface area contributed by atoms with Gasteiger partial charge in [-0.1, -0.05) is 12.1 Å². The van der Waals surface area contributed by atoms with Crippen LogP contribution in [0.15, 0.2) is 24.3 Å². The largest absolute Gasteiger partial charge is 0.354 e. The third-order valence-electron chi connectivity index (χ3n) is 3.62. The normalized spacial score (nSPS) is 17.2. The second kappa shape index (κ2) is 6.35. The van der Waals surface area contributed by atoms with E-state index in [1.165, 1.54) is 12.1 Å². The summed E-state index contributed by atoms with van der Waals surface area (Å²) in [4.78, 5) is 12.2. The van der Waals surface area contributed by atoms with E-state index in [1.807, 2.05) is 20.0 Å². The van der Waals surface area contributed by atoms with Crippen molar-refractivity contribution in [2.24, 2.45) is 0 Å². The summed E-state index contributed by atoms with van der Waals surface area (Å²) < 4.78 is 13.2. The van der Waals surface area contributed by atoms with Gasteiger partial charge in [0.25, 0.3) is 0 Å². The van der Waals surface area contributed by atoms with Gasteiger partial charge in [-0.15, -0.1) is 12.4 Å². The molecule has 1 aromatic rings. The molecule has 1 aliphatic carbocycles. The number of hydrogen-bond acceptors (Lipinski definition) is 2. The van der Waals surface area contributed by atoms with Crippen molar-refractivity contribution in [3.8, 4) is 0 Å². The summed E-state index contributed by atoms with van der Waals surface area (Å²) in [5.74, 6) is -0.273. The zero-order valence-electron chi connectivity index (χ0n) is 11.2. The zero-order valence-corrected chi connectivity index (χ0v) is 12.0. The predicted octanol–water partition coefficient (Wildman–Crippen LogP) is 2.00. The molecule has 1 unspecified atom stereocenters. The van der Waals surface area contributed by atoms with Crippen molar-refractivity contribution >= 4 is 18.3 Å². The Kier molecular flexibility index (Phi) is 5.32. The molecule has 19 heavy (non-hydrogen) atoms. The Morgan fingerprint density at radius 2 is 2.16 bits per heavy atom. The first-order valence-electron chi connectivity index (χ1n) is 6.30. The lowest BCUT2D eigenvalue weighted by molar-refractivity contribution is -0.123. The number of rotatable bonds is 5. The molecule has 1 amide bonds. The predicted molar refractivity (Wildman–Crippen MR) is 76.1 cm³/mol. The molecule has 0 radical (unpaired) electrons. The molecular formula is C14H20ClFN2O. The van der Waals surface area contributed by atoms with E-state index in [2.05, 4.69) is 10.6 Å². The summed E-state index contributed by atoms with van der Waals surface area (Å²) in [5.41, 5.74) is 0.298. The van der Waals surface area contributed by atoms with Crippen LogP contribution in [0.4, 0.5) is 4.39 Å². The van der Waals surface area contributed by atoms with Gasteiger partial charge in [-0.3, -0.25) is 4.79 Å². The van der Waals surface area contributed by atoms with E-state index < -0.39 is 5.41 Å².